The molecule has 2 heterocycles. The van der Waals surface area contributed by atoms with Crippen molar-refractivity contribution in [3.63, 3.8) is 0 Å². The molecule has 0 aromatic carbocycles. The average Bonchev–Trinajstić information content (AvgIpc) is 2.82. The van der Waals surface area contributed by atoms with E-state index in [2.05, 4.69) is 15.4 Å². The number of thiazole rings is 1. The summed E-state index contributed by atoms with van der Waals surface area (Å²) in [5.74, 6) is -1.02. The summed E-state index contributed by atoms with van der Waals surface area (Å²) in [6, 6.07) is 0. The van der Waals surface area contributed by atoms with Gasteiger partial charge in [0.15, 0.2) is 5.69 Å². The van der Waals surface area contributed by atoms with Crippen molar-refractivity contribution < 1.29 is 9.90 Å². The second-order valence-corrected chi connectivity index (χ2v) is 4.46. The lowest BCUT2D eigenvalue weighted by molar-refractivity contribution is 0.0692. The molecule has 0 aliphatic carbocycles. The molecule has 0 aliphatic rings. The summed E-state index contributed by atoms with van der Waals surface area (Å²) in [5, 5.41) is 16.8. The molecule has 0 unspecified atom stereocenters. The third-order valence-corrected chi connectivity index (χ3v) is 3.11. The minimum atomic E-state index is -1.02. The van der Waals surface area contributed by atoms with E-state index in [0.717, 1.165) is 11.3 Å². The molecule has 0 saturated carbocycles. The fourth-order valence-electron chi connectivity index (χ4n) is 1.52. The first kappa shape index (κ1) is 11.6. The van der Waals surface area contributed by atoms with E-state index >= 15 is 0 Å². The van der Waals surface area contributed by atoms with Gasteiger partial charge in [0.1, 0.15) is 5.00 Å². The van der Waals surface area contributed by atoms with Gasteiger partial charge in [-0.25, -0.2) is 9.78 Å². The molecular weight excluding hydrogens is 240 g/mol. The Labute approximate surface area is 102 Å². The van der Waals surface area contributed by atoms with Gasteiger partial charge in [-0.15, -0.1) is 11.3 Å². The van der Waals surface area contributed by atoms with Gasteiger partial charge in [0.2, 0.25) is 0 Å². The SMILES string of the molecule is Cc1nn(C)cc1CNc1scnc1C(=O)O. The van der Waals surface area contributed by atoms with Crippen molar-refractivity contribution in [3.05, 3.63) is 28.7 Å². The fourth-order valence-corrected chi connectivity index (χ4v) is 2.19. The number of carboxylic acid groups (broad SMARTS) is 1. The zero-order valence-corrected chi connectivity index (χ0v) is 10.3. The zero-order valence-electron chi connectivity index (χ0n) is 9.47. The Hall–Kier alpha value is -1.89. The Bertz CT molecular complexity index is 546. The highest BCUT2D eigenvalue weighted by Gasteiger charge is 2.13. The van der Waals surface area contributed by atoms with E-state index in [1.165, 1.54) is 16.8 Å². The van der Waals surface area contributed by atoms with Crippen LogP contribution in [0, 0.1) is 6.92 Å². The van der Waals surface area contributed by atoms with Gasteiger partial charge in [0.25, 0.3) is 0 Å². The molecule has 6 nitrogen and oxygen atoms in total. The number of rotatable bonds is 4. The number of nitrogens with one attached hydrogen (secondary N) is 1. The van der Waals surface area contributed by atoms with Crippen LogP contribution in [0.25, 0.3) is 0 Å². The highest BCUT2D eigenvalue weighted by molar-refractivity contribution is 7.14. The fraction of sp³-hybridized carbons (Fsp3) is 0.300. The van der Waals surface area contributed by atoms with Crippen molar-refractivity contribution in [1.29, 1.82) is 0 Å². The highest BCUT2D eigenvalue weighted by Crippen LogP contribution is 2.21. The number of carbonyl (C=O) groups is 1. The van der Waals surface area contributed by atoms with Gasteiger partial charge in [-0.1, -0.05) is 0 Å². The first-order chi connectivity index (χ1) is 8.08. The molecule has 17 heavy (non-hydrogen) atoms. The van der Waals surface area contributed by atoms with E-state index in [-0.39, 0.29) is 5.69 Å². The second-order valence-electron chi connectivity index (χ2n) is 3.60. The van der Waals surface area contributed by atoms with Crippen molar-refractivity contribution >= 4 is 22.3 Å². The molecule has 0 atom stereocenters. The van der Waals surface area contributed by atoms with Crippen LogP contribution in [0.3, 0.4) is 0 Å². The van der Waals surface area contributed by atoms with Crippen LogP contribution in [0.2, 0.25) is 0 Å². The molecule has 0 saturated heterocycles. The van der Waals surface area contributed by atoms with Crippen LogP contribution in [0.15, 0.2) is 11.7 Å². The number of aryl methyl sites for hydroxylation is 2. The summed E-state index contributed by atoms with van der Waals surface area (Å²) >= 11 is 1.28. The molecule has 90 valence electrons. The zero-order chi connectivity index (χ0) is 12.4. The summed E-state index contributed by atoms with van der Waals surface area (Å²) in [6.07, 6.45) is 1.91. The molecule has 2 rings (SSSR count). The number of anilines is 1. The van der Waals surface area contributed by atoms with Crippen LogP contribution in [-0.4, -0.2) is 25.8 Å². The summed E-state index contributed by atoms with van der Waals surface area (Å²) in [7, 11) is 1.85. The molecular formula is C10H12N4O2S. The van der Waals surface area contributed by atoms with Crippen molar-refractivity contribution in [1.82, 2.24) is 14.8 Å². The largest absolute Gasteiger partial charge is 0.476 e. The number of aromatic carboxylic acids is 1. The molecule has 7 heteroatoms. The Morgan fingerprint density at radius 3 is 3.00 bits per heavy atom. The molecule has 0 bridgehead atoms. The number of aromatic nitrogens is 3. The van der Waals surface area contributed by atoms with Crippen molar-refractivity contribution in [3.8, 4) is 0 Å². The van der Waals surface area contributed by atoms with E-state index in [0.29, 0.717) is 11.5 Å². The highest BCUT2D eigenvalue weighted by atomic mass is 32.1. The number of carboxylic acids is 1. The summed E-state index contributed by atoms with van der Waals surface area (Å²) in [4.78, 5) is 14.6. The Kier molecular flexibility index (Phi) is 3.10. The second kappa shape index (κ2) is 4.54. The lowest BCUT2D eigenvalue weighted by Crippen LogP contribution is -2.04. The Balaban J connectivity index is 2.10. The molecule has 2 aromatic heterocycles. The quantitative estimate of drug-likeness (QED) is 0.861. The molecule has 0 spiro atoms. The van der Waals surface area contributed by atoms with Gasteiger partial charge < -0.3 is 10.4 Å². The molecule has 2 aromatic rings. The summed E-state index contributed by atoms with van der Waals surface area (Å²) < 4.78 is 1.73. The lowest BCUT2D eigenvalue weighted by Gasteiger charge is -2.02. The predicted molar refractivity (Wildman–Crippen MR) is 64.3 cm³/mol. The van der Waals surface area contributed by atoms with E-state index in [1.54, 1.807) is 4.68 Å². The average molecular weight is 252 g/mol. The van der Waals surface area contributed by atoms with Crippen LogP contribution >= 0.6 is 11.3 Å². The van der Waals surface area contributed by atoms with E-state index in [1.807, 2.05) is 20.2 Å². The van der Waals surface area contributed by atoms with E-state index < -0.39 is 5.97 Å². The maximum Gasteiger partial charge on any atom is 0.357 e. The van der Waals surface area contributed by atoms with Crippen LogP contribution in [0.5, 0.6) is 0 Å². The standard InChI is InChI=1S/C10H12N4O2S/c1-6-7(4-14(2)13-6)3-11-9-8(10(15)16)12-5-17-9/h4-5,11H,3H2,1-2H3,(H,15,16). The Morgan fingerprint density at radius 2 is 2.41 bits per heavy atom. The van der Waals surface area contributed by atoms with Gasteiger partial charge in [0, 0.05) is 25.4 Å². The van der Waals surface area contributed by atoms with Gasteiger partial charge >= 0.3 is 5.97 Å². The topological polar surface area (TPSA) is 80.0 Å². The first-order valence-electron chi connectivity index (χ1n) is 4.97. The molecule has 2 N–H and O–H groups in total. The minimum absolute atomic E-state index is 0.0662. The third kappa shape index (κ3) is 2.44. The number of nitrogens with zero attached hydrogens (tertiary/aromatic N) is 3. The Morgan fingerprint density at radius 1 is 1.65 bits per heavy atom. The van der Waals surface area contributed by atoms with Crippen molar-refractivity contribution in [2.24, 2.45) is 7.05 Å². The van der Waals surface area contributed by atoms with Gasteiger partial charge in [0.05, 0.1) is 11.2 Å². The number of hydrogen-bond acceptors (Lipinski definition) is 5. The summed E-state index contributed by atoms with van der Waals surface area (Å²) in [6.45, 7) is 2.46. The first-order valence-corrected chi connectivity index (χ1v) is 5.85. The normalized spacial score (nSPS) is 10.5. The molecule has 0 amide bonds. The van der Waals surface area contributed by atoms with Crippen molar-refractivity contribution in [2.75, 3.05) is 5.32 Å². The molecule has 0 radical (unpaired) electrons. The van der Waals surface area contributed by atoms with Crippen LogP contribution in [-0.2, 0) is 13.6 Å². The smallest absolute Gasteiger partial charge is 0.357 e. The van der Waals surface area contributed by atoms with Gasteiger partial charge in [-0.05, 0) is 6.92 Å². The van der Waals surface area contributed by atoms with Crippen molar-refractivity contribution in [2.45, 2.75) is 13.5 Å². The van der Waals surface area contributed by atoms with Crippen LogP contribution in [0.1, 0.15) is 21.7 Å². The third-order valence-electron chi connectivity index (χ3n) is 2.32. The van der Waals surface area contributed by atoms with Gasteiger partial charge in [-0.3, -0.25) is 4.68 Å². The monoisotopic (exact) mass is 252 g/mol. The number of hydrogen-bond donors (Lipinski definition) is 2. The molecule has 0 fully saturated rings. The minimum Gasteiger partial charge on any atom is -0.476 e. The van der Waals surface area contributed by atoms with Crippen LogP contribution in [0.4, 0.5) is 5.00 Å². The van der Waals surface area contributed by atoms with E-state index in [9.17, 15) is 4.79 Å². The maximum atomic E-state index is 10.9. The molecule has 0 aliphatic heterocycles. The summed E-state index contributed by atoms with van der Waals surface area (Å²) in [5.41, 5.74) is 3.55. The lowest BCUT2D eigenvalue weighted by atomic mass is 10.2. The maximum absolute atomic E-state index is 10.9. The van der Waals surface area contributed by atoms with Gasteiger partial charge in [-0.2, -0.15) is 5.10 Å². The van der Waals surface area contributed by atoms with Crippen LogP contribution < -0.4 is 5.32 Å². The van der Waals surface area contributed by atoms with E-state index in [4.69, 9.17) is 5.11 Å². The predicted octanol–water partition coefficient (Wildman–Crippen LogP) is 1.50.